The van der Waals surface area contributed by atoms with Crippen molar-refractivity contribution in [3.05, 3.63) is 23.2 Å². The standard InChI is InChI=1S/C8H8Cl2O3S/c1-2-13-6-3-4-8(7(9)5-6)14(10,11)12/h3-5H,2H2,1H3. The summed E-state index contributed by atoms with van der Waals surface area (Å²) in [7, 11) is 1.36. The smallest absolute Gasteiger partial charge is 0.262 e. The van der Waals surface area contributed by atoms with Crippen molar-refractivity contribution in [3.63, 3.8) is 0 Å². The average Bonchev–Trinajstić information content (AvgIpc) is 2.02. The summed E-state index contributed by atoms with van der Waals surface area (Å²) in [5.74, 6) is 0.515. The summed E-state index contributed by atoms with van der Waals surface area (Å²) in [5, 5.41) is 0.0611. The molecule has 1 aromatic carbocycles. The summed E-state index contributed by atoms with van der Waals surface area (Å²) < 4.78 is 27.1. The van der Waals surface area contributed by atoms with Gasteiger partial charge in [0.2, 0.25) is 0 Å². The minimum Gasteiger partial charge on any atom is -0.494 e. The molecule has 0 spiro atoms. The third kappa shape index (κ3) is 2.77. The van der Waals surface area contributed by atoms with Crippen LogP contribution in [0.25, 0.3) is 0 Å². The zero-order chi connectivity index (χ0) is 10.8. The monoisotopic (exact) mass is 254 g/mol. The fraction of sp³-hybridized carbons (Fsp3) is 0.250. The third-order valence-corrected chi connectivity index (χ3v) is 3.28. The number of hydrogen-bond donors (Lipinski definition) is 0. The molecule has 1 aromatic rings. The quantitative estimate of drug-likeness (QED) is 0.780. The molecule has 0 saturated heterocycles. The molecule has 0 unspecified atom stereocenters. The Labute approximate surface area is 92.0 Å². The molecule has 0 N–H and O–H groups in total. The lowest BCUT2D eigenvalue weighted by Crippen LogP contribution is -1.95. The molecule has 0 aliphatic rings. The van der Waals surface area contributed by atoms with Gasteiger partial charge in [0.1, 0.15) is 10.6 Å². The van der Waals surface area contributed by atoms with Crippen molar-refractivity contribution < 1.29 is 13.2 Å². The van der Waals surface area contributed by atoms with Crippen LogP contribution in [0.5, 0.6) is 5.75 Å². The van der Waals surface area contributed by atoms with E-state index in [2.05, 4.69) is 0 Å². The fourth-order valence-corrected chi connectivity index (χ4v) is 2.46. The molecule has 6 heteroatoms. The highest BCUT2D eigenvalue weighted by Crippen LogP contribution is 2.28. The second-order valence-corrected chi connectivity index (χ2v) is 5.40. The van der Waals surface area contributed by atoms with Crippen LogP contribution in [0.1, 0.15) is 6.92 Å². The average molecular weight is 255 g/mol. The number of benzene rings is 1. The van der Waals surface area contributed by atoms with E-state index in [0.29, 0.717) is 12.4 Å². The molecular formula is C8H8Cl2O3S. The van der Waals surface area contributed by atoms with E-state index >= 15 is 0 Å². The van der Waals surface area contributed by atoms with Crippen LogP contribution >= 0.6 is 22.3 Å². The lowest BCUT2D eigenvalue weighted by Gasteiger charge is -2.04. The molecule has 0 aliphatic heterocycles. The first-order chi connectivity index (χ1) is 6.45. The van der Waals surface area contributed by atoms with Gasteiger partial charge in [-0.05, 0) is 19.1 Å². The Morgan fingerprint density at radius 2 is 2.07 bits per heavy atom. The van der Waals surface area contributed by atoms with E-state index in [1.165, 1.54) is 18.2 Å². The zero-order valence-electron chi connectivity index (χ0n) is 7.33. The van der Waals surface area contributed by atoms with Crippen LogP contribution in [0, 0.1) is 0 Å². The van der Waals surface area contributed by atoms with Crippen LogP contribution < -0.4 is 4.74 Å². The molecule has 0 amide bonds. The molecule has 3 nitrogen and oxygen atoms in total. The highest BCUT2D eigenvalue weighted by atomic mass is 35.7. The number of hydrogen-bond acceptors (Lipinski definition) is 3. The largest absolute Gasteiger partial charge is 0.494 e. The first-order valence-electron chi connectivity index (χ1n) is 3.82. The maximum atomic E-state index is 11.0. The van der Waals surface area contributed by atoms with Crippen molar-refractivity contribution in [2.45, 2.75) is 11.8 Å². The van der Waals surface area contributed by atoms with Gasteiger partial charge >= 0.3 is 0 Å². The Hall–Kier alpha value is -0.450. The molecule has 0 atom stereocenters. The molecule has 0 fully saturated rings. The summed E-state index contributed by atoms with van der Waals surface area (Å²) in [6.07, 6.45) is 0. The van der Waals surface area contributed by atoms with E-state index in [4.69, 9.17) is 27.0 Å². The van der Waals surface area contributed by atoms with Gasteiger partial charge in [-0.3, -0.25) is 0 Å². The topological polar surface area (TPSA) is 43.4 Å². The van der Waals surface area contributed by atoms with Gasteiger partial charge in [0, 0.05) is 16.7 Å². The lowest BCUT2D eigenvalue weighted by molar-refractivity contribution is 0.340. The molecule has 14 heavy (non-hydrogen) atoms. The van der Waals surface area contributed by atoms with E-state index in [0.717, 1.165) is 0 Å². The Balaban J connectivity index is 3.15. The van der Waals surface area contributed by atoms with Crippen LogP contribution in [0.4, 0.5) is 0 Å². The summed E-state index contributed by atoms with van der Waals surface area (Å²) >= 11 is 5.71. The normalized spacial score (nSPS) is 11.4. The van der Waals surface area contributed by atoms with Gasteiger partial charge in [-0.2, -0.15) is 0 Å². The number of ether oxygens (including phenoxy) is 1. The molecule has 78 valence electrons. The minimum absolute atomic E-state index is 0.0611. The van der Waals surface area contributed by atoms with Gasteiger partial charge < -0.3 is 4.74 Å². The van der Waals surface area contributed by atoms with E-state index in [9.17, 15) is 8.42 Å². The number of halogens is 2. The van der Waals surface area contributed by atoms with Crippen LogP contribution in [-0.4, -0.2) is 15.0 Å². The first-order valence-corrected chi connectivity index (χ1v) is 6.51. The van der Waals surface area contributed by atoms with Crippen molar-refractivity contribution in [2.75, 3.05) is 6.61 Å². The SMILES string of the molecule is CCOc1ccc(S(=O)(=O)Cl)c(Cl)c1. The van der Waals surface area contributed by atoms with Crippen molar-refractivity contribution in [3.8, 4) is 5.75 Å². The Kier molecular flexibility index (Phi) is 3.64. The van der Waals surface area contributed by atoms with Gasteiger partial charge in [0.25, 0.3) is 9.05 Å². The highest BCUT2D eigenvalue weighted by Gasteiger charge is 2.14. The Morgan fingerprint density at radius 3 is 2.50 bits per heavy atom. The summed E-state index contributed by atoms with van der Waals surface area (Å²) in [6.45, 7) is 2.31. The van der Waals surface area contributed by atoms with Gasteiger partial charge in [-0.25, -0.2) is 8.42 Å². The maximum absolute atomic E-state index is 11.0. The Morgan fingerprint density at radius 1 is 1.43 bits per heavy atom. The predicted octanol–water partition coefficient (Wildman–Crippen LogP) is 2.67. The molecule has 0 aromatic heterocycles. The molecular weight excluding hydrogens is 247 g/mol. The van der Waals surface area contributed by atoms with Crippen LogP contribution in [0.15, 0.2) is 23.1 Å². The van der Waals surface area contributed by atoms with Crippen molar-refractivity contribution in [1.29, 1.82) is 0 Å². The lowest BCUT2D eigenvalue weighted by atomic mass is 10.3. The second-order valence-electron chi connectivity index (χ2n) is 2.46. The third-order valence-electron chi connectivity index (χ3n) is 1.48. The second kappa shape index (κ2) is 4.38. The first kappa shape index (κ1) is 11.6. The van der Waals surface area contributed by atoms with Gasteiger partial charge in [-0.1, -0.05) is 11.6 Å². The van der Waals surface area contributed by atoms with E-state index in [1.807, 2.05) is 6.92 Å². The molecule has 0 saturated carbocycles. The van der Waals surface area contributed by atoms with Crippen molar-refractivity contribution >= 4 is 31.3 Å². The zero-order valence-corrected chi connectivity index (χ0v) is 9.66. The summed E-state index contributed by atoms with van der Waals surface area (Å²) in [4.78, 5) is -0.107. The molecule has 0 radical (unpaired) electrons. The van der Waals surface area contributed by atoms with E-state index in [1.54, 1.807) is 0 Å². The molecule has 1 rings (SSSR count). The van der Waals surface area contributed by atoms with Gasteiger partial charge in [0.05, 0.1) is 11.6 Å². The molecule has 0 heterocycles. The highest BCUT2D eigenvalue weighted by molar-refractivity contribution is 8.13. The van der Waals surface area contributed by atoms with Crippen LogP contribution in [0.2, 0.25) is 5.02 Å². The molecule has 0 bridgehead atoms. The summed E-state index contributed by atoms with van der Waals surface area (Å²) in [5.41, 5.74) is 0. The van der Waals surface area contributed by atoms with Crippen LogP contribution in [0.3, 0.4) is 0 Å². The van der Waals surface area contributed by atoms with Crippen molar-refractivity contribution in [1.82, 2.24) is 0 Å². The predicted molar refractivity (Wildman–Crippen MR) is 55.7 cm³/mol. The van der Waals surface area contributed by atoms with E-state index in [-0.39, 0.29) is 9.92 Å². The minimum atomic E-state index is -3.78. The van der Waals surface area contributed by atoms with Crippen molar-refractivity contribution in [2.24, 2.45) is 0 Å². The molecule has 0 aliphatic carbocycles. The van der Waals surface area contributed by atoms with Gasteiger partial charge in [0.15, 0.2) is 0 Å². The van der Waals surface area contributed by atoms with E-state index < -0.39 is 9.05 Å². The number of rotatable bonds is 3. The van der Waals surface area contributed by atoms with Gasteiger partial charge in [-0.15, -0.1) is 0 Å². The maximum Gasteiger partial charge on any atom is 0.262 e. The fourth-order valence-electron chi connectivity index (χ4n) is 0.936. The van der Waals surface area contributed by atoms with Crippen LogP contribution in [-0.2, 0) is 9.05 Å². The summed E-state index contributed by atoms with van der Waals surface area (Å²) in [6, 6.07) is 4.24. The Bertz CT molecular complexity index is 428.